The number of non-ortho nitro benzene ring substituents is 1. The van der Waals surface area contributed by atoms with Gasteiger partial charge < -0.3 is 5.32 Å². The Balaban J connectivity index is 1.63. The average molecular weight is 487 g/mol. The van der Waals surface area contributed by atoms with Crippen molar-refractivity contribution in [2.24, 2.45) is 5.92 Å². The van der Waals surface area contributed by atoms with Crippen LogP contribution in [0.2, 0.25) is 0 Å². The summed E-state index contributed by atoms with van der Waals surface area (Å²) >= 11 is 1.71. The number of nitrogens with zero attached hydrogens (tertiary/aromatic N) is 3. The first kappa shape index (κ1) is 21.9. The Kier molecular flexibility index (Phi) is 5.01. The van der Waals surface area contributed by atoms with E-state index in [1.165, 1.54) is 6.07 Å². The molecule has 35 heavy (non-hydrogen) atoms. The molecule has 2 fully saturated rings. The Bertz CT molecular complexity index is 1380. The summed E-state index contributed by atoms with van der Waals surface area (Å²) in [4.78, 5) is 45.9. The highest BCUT2D eigenvalue weighted by atomic mass is 32.2. The lowest BCUT2D eigenvalue weighted by atomic mass is 9.70. The fraction of sp³-hybridized carbons (Fsp3) is 0.269. The Morgan fingerprint density at radius 3 is 2.83 bits per heavy atom. The van der Waals surface area contributed by atoms with Crippen molar-refractivity contribution >= 4 is 34.8 Å². The molecule has 1 spiro atoms. The van der Waals surface area contributed by atoms with Gasteiger partial charge in [-0.1, -0.05) is 35.9 Å². The number of pyridine rings is 1. The van der Waals surface area contributed by atoms with E-state index in [4.69, 9.17) is 0 Å². The zero-order chi connectivity index (χ0) is 24.3. The fourth-order valence-electron chi connectivity index (χ4n) is 6.08. The van der Waals surface area contributed by atoms with Crippen molar-refractivity contribution in [1.82, 2.24) is 9.88 Å². The van der Waals surface area contributed by atoms with Gasteiger partial charge in [0.05, 0.1) is 10.8 Å². The van der Waals surface area contributed by atoms with E-state index in [0.29, 0.717) is 17.1 Å². The van der Waals surface area contributed by atoms with Crippen LogP contribution in [-0.4, -0.2) is 44.2 Å². The summed E-state index contributed by atoms with van der Waals surface area (Å²) in [5, 5.41) is 14.6. The van der Waals surface area contributed by atoms with E-state index >= 15 is 0 Å². The van der Waals surface area contributed by atoms with Gasteiger partial charge in [-0.3, -0.25) is 29.6 Å². The lowest BCUT2D eigenvalue weighted by molar-refractivity contribution is -0.384. The number of aryl methyl sites for hydroxylation is 1. The number of rotatable bonds is 4. The number of nitro groups is 1. The molecule has 6 rings (SSSR count). The Morgan fingerprint density at radius 1 is 1.20 bits per heavy atom. The summed E-state index contributed by atoms with van der Waals surface area (Å²) in [6.07, 6.45) is 1.57. The van der Waals surface area contributed by atoms with Crippen molar-refractivity contribution in [3.05, 3.63) is 99.4 Å². The predicted molar refractivity (Wildman–Crippen MR) is 132 cm³/mol. The van der Waals surface area contributed by atoms with Gasteiger partial charge in [0.15, 0.2) is 5.78 Å². The minimum Gasteiger partial charge on any atom is -0.324 e. The molecule has 0 radical (unpaired) electrons. The number of carbonyl (C=O) groups is 2. The molecule has 1 aromatic heterocycles. The van der Waals surface area contributed by atoms with E-state index in [1.807, 2.05) is 31.2 Å². The smallest absolute Gasteiger partial charge is 0.269 e. The lowest BCUT2D eigenvalue weighted by Crippen LogP contribution is -2.52. The number of ketones is 1. The Morgan fingerprint density at radius 2 is 2.06 bits per heavy atom. The summed E-state index contributed by atoms with van der Waals surface area (Å²) in [6.45, 7) is 1.97. The van der Waals surface area contributed by atoms with Crippen LogP contribution in [0.25, 0.3) is 0 Å². The summed E-state index contributed by atoms with van der Waals surface area (Å²) in [5.41, 5.74) is 2.21. The molecule has 0 saturated carbocycles. The van der Waals surface area contributed by atoms with Crippen molar-refractivity contribution in [1.29, 1.82) is 0 Å². The number of aromatic nitrogens is 1. The maximum atomic E-state index is 14.3. The van der Waals surface area contributed by atoms with Crippen LogP contribution in [0.1, 0.15) is 33.1 Å². The zero-order valence-corrected chi connectivity index (χ0v) is 19.7. The first-order valence-electron chi connectivity index (χ1n) is 11.4. The number of fused-ring (bicyclic) bond motifs is 4. The molecule has 1 amide bonds. The van der Waals surface area contributed by atoms with E-state index in [9.17, 15) is 19.7 Å². The van der Waals surface area contributed by atoms with Gasteiger partial charge >= 0.3 is 0 Å². The molecular weight excluding hydrogens is 464 g/mol. The van der Waals surface area contributed by atoms with Gasteiger partial charge in [0.1, 0.15) is 11.2 Å². The van der Waals surface area contributed by atoms with Crippen LogP contribution in [0.3, 0.4) is 0 Å². The van der Waals surface area contributed by atoms with Crippen molar-refractivity contribution in [3.63, 3.8) is 0 Å². The van der Waals surface area contributed by atoms with E-state index in [-0.39, 0.29) is 29.1 Å². The molecular formula is C26H22N4O4S. The van der Waals surface area contributed by atoms with Crippen LogP contribution in [0.5, 0.6) is 0 Å². The van der Waals surface area contributed by atoms with Gasteiger partial charge in [0.2, 0.25) is 5.91 Å². The van der Waals surface area contributed by atoms with Crippen LogP contribution in [-0.2, 0) is 10.3 Å². The van der Waals surface area contributed by atoms with Crippen molar-refractivity contribution in [2.75, 3.05) is 16.9 Å². The molecule has 9 heteroatoms. The number of anilines is 1. The quantitative estimate of drug-likeness (QED) is 0.336. The lowest BCUT2D eigenvalue weighted by Gasteiger charge is -2.36. The first-order valence-corrected chi connectivity index (χ1v) is 12.5. The molecule has 0 aliphatic carbocycles. The Labute approximate surface area is 205 Å². The Hall–Kier alpha value is -3.56. The van der Waals surface area contributed by atoms with Gasteiger partial charge in [0.25, 0.3) is 5.69 Å². The fourth-order valence-corrected chi connectivity index (χ4v) is 7.40. The maximum absolute atomic E-state index is 14.3. The van der Waals surface area contributed by atoms with Gasteiger partial charge in [-0.2, -0.15) is 0 Å². The molecule has 3 aromatic rings. The third-order valence-corrected chi connectivity index (χ3v) is 8.48. The predicted octanol–water partition coefficient (Wildman–Crippen LogP) is 4.12. The molecule has 3 aliphatic heterocycles. The molecule has 4 heterocycles. The summed E-state index contributed by atoms with van der Waals surface area (Å²) < 4.78 is 0. The van der Waals surface area contributed by atoms with Gasteiger partial charge in [0, 0.05) is 53.2 Å². The van der Waals surface area contributed by atoms with E-state index < -0.39 is 22.3 Å². The highest BCUT2D eigenvalue weighted by molar-refractivity contribution is 7.99. The third kappa shape index (κ3) is 3.08. The SMILES string of the molecule is Cc1ccc2c(c1)[C@]1(C(=O)N2)[C@@H](C(=O)c2ccccn2)[C@@H](c2cccc([N+](=O)[O-])c2)[C@H]2CSCN21. The van der Waals surface area contributed by atoms with Crippen LogP contribution in [0.4, 0.5) is 11.4 Å². The number of hydrogen-bond acceptors (Lipinski definition) is 7. The molecule has 2 aromatic carbocycles. The third-order valence-electron chi connectivity index (χ3n) is 7.44. The number of Topliss-reactive ketones (excluding diaryl/α,β-unsaturated/α-hetero) is 1. The summed E-state index contributed by atoms with van der Waals surface area (Å²) in [6, 6.07) is 17.3. The van der Waals surface area contributed by atoms with E-state index in [0.717, 1.165) is 16.9 Å². The van der Waals surface area contributed by atoms with E-state index in [1.54, 1.807) is 48.3 Å². The molecule has 8 nitrogen and oxygen atoms in total. The summed E-state index contributed by atoms with van der Waals surface area (Å²) in [5.74, 6) is -0.373. The minimum atomic E-state index is -1.22. The van der Waals surface area contributed by atoms with Gasteiger partial charge in [-0.25, -0.2) is 0 Å². The summed E-state index contributed by atoms with van der Waals surface area (Å²) in [7, 11) is 0. The van der Waals surface area contributed by atoms with Crippen LogP contribution in [0, 0.1) is 23.0 Å². The van der Waals surface area contributed by atoms with E-state index in [2.05, 4.69) is 15.2 Å². The number of benzene rings is 2. The number of nitro benzene ring substituents is 1. The number of amides is 1. The largest absolute Gasteiger partial charge is 0.324 e. The zero-order valence-electron chi connectivity index (χ0n) is 18.9. The molecule has 3 aliphatic rings. The normalized spacial score (nSPS) is 27.0. The van der Waals surface area contributed by atoms with Crippen LogP contribution >= 0.6 is 11.8 Å². The van der Waals surface area contributed by atoms with Crippen molar-refractivity contribution in [2.45, 2.75) is 24.4 Å². The first-order chi connectivity index (χ1) is 16.9. The minimum absolute atomic E-state index is 0.0307. The molecule has 0 unspecified atom stereocenters. The molecule has 176 valence electrons. The van der Waals surface area contributed by atoms with Crippen LogP contribution in [0.15, 0.2) is 66.9 Å². The number of thioether (sulfide) groups is 1. The highest BCUT2D eigenvalue weighted by Crippen LogP contribution is 2.61. The van der Waals surface area contributed by atoms with Crippen molar-refractivity contribution < 1.29 is 14.5 Å². The monoisotopic (exact) mass is 486 g/mol. The van der Waals surface area contributed by atoms with Crippen molar-refractivity contribution in [3.8, 4) is 0 Å². The molecule has 0 bridgehead atoms. The standard InChI is InChI=1S/C26H22N4O4S/c1-15-8-9-19-18(11-15)26(25(32)28-19)23(24(31)20-7-2-3-10-27-20)22(21-13-35-14-29(21)26)16-5-4-6-17(12-16)30(33)34/h2-12,21-23H,13-14H2,1H3,(H,28,32)/t21-,22+,23-,26-/m1/s1. The average Bonchev–Trinajstić information content (AvgIpc) is 3.52. The molecule has 1 N–H and O–H groups in total. The second kappa shape index (κ2) is 8.00. The second-order valence-corrected chi connectivity index (χ2v) is 10.2. The van der Waals surface area contributed by atoms with Crippen LogP contribution < -0.4 is 5.32 Å². The second-order valence-electron chi connectivity index (χ2n) is 9.24. The molecule has 4 atom stereocenters. The number of hydrogen-bond donors (Lipinski definition) is 1. The highest BCUT2D eigenvalue weighted by Gasteiger charge is 2.69. The number of nitrogens with one attached hydrogen (secondary N) is 1. The maximum Gasteiger partial charge on any atom is 0.269 e. The van der Waals surface area contributed by atoms with Gasteiger partial charge in [-0.15, -0.1) is 11.8 Å². The topological polar surface area (TPSA) is 105 Å². The van der Waals surface area contributed by atoms with Gasteiger partial charge in [-0.05, 0) is 30.7 Å². The molecule has 2 saturated heterocycles. The number of carbonyl (C=O) groups excluding carboxylic acids is 2.